The number of sulfonamides is 1. The molecule has 2 rings (SSSR count). The number of halogens is 1. The summed E-state index contributed by atoms with van der Waals surface area (Å²) < 4.78 is 32.5. The van der Waals surface area contributed by atoms with Gasteiger partial charge in [0, 0.05) is 24.2 Å². The number of carboxylic acids is 1. The zero-order valence-corrected chi connectivity index (χ0v) is 17.8. The third-order valence-electron chi connectivity index (χ3n) is 4.12. The van der Waals surface area contributed by atoms with Gasteiger partial charge in [-0.25, -0.2) is 17.5 Å². The summed E-state index contributed by atoms with van der Waals surface area (Å²) in [6, 6.07) is 9.65. The lowest BCUT2D eigenvalue weighted by Crippen LogP contribution is -2.30. The third-order valence-corrected chi connectivity index (χ3v) is 6.18. The summed E-state index contributed by atoms with van der Waals surface area (Å²) in [5.74, 6) is -0.599. The SMILES string of the molecule is Cc1ccc(S(=O)(=O)N(C)CC(C)C)cc1-c1cc(Cl)ccc1OCC(=O)O. The van der Waals surface area contributed by atoms with Gasteiger partial charge in [0.25, 0.3) is 0 Å². The Kier molecular flexibility index (Phi) is 7.09. The highest BCUT2D eigenvalue weighted by atomic mass is 35.5. The largest absolute Gasteiger partial charge is 0.481 e. The van der Waals surface area contributed by atoms with Crippen molar-refractivity contribution in [2.24, 2.45) is 5.92 Å². The van der Waals surface area contributed by atoms with E-state index >= 15 is 0 Å². The number of benzene rings is 2. The fourth-order valence-electron chi connectivity index (χ4n) is 2.82. The molecule has 28 heavy (non-hydrogen) atoms. The molecule has 0 atom stereocenters. The number of rotatable bonds is 8. The molecule has 0 fully saturated rings. The van der Waals surface area contributed by atoms with Gasteiger partial charge >= 0.3 is 5.97 Å². The zero-order valence-electron chi connectivity index (χ0n) is 16.3. The monoisotopic (exact) mass is 425 g/mol. The number of carbonyl (C=O) groups is 1. The van der Waals surface area contributed by atoms with Crippen molar-refractivity contribution in [3.63, 3.8) is 0 Å². The molecule has 0 spiro atoms. The number of aryl methyl sites for hydroxylation is 1. The molecule has 2 aromatic rings. The van der Waals surface area contributed by atoms with E-state index in [2.05, 4.69) is 0 Å². The Morgan fingerprint density at radius 2 is 1.86 bits per heavy atom. The van der Waals surface area contributed by atoms with Crippen molar-refractivity contribution in [2.45, 2.75) is 25.7 Å². The Morgan fingerprint density at radius 3 is 2.46 bits per heavy atom. The molecule has 0 saturated heterocycles. The molecule has 0 saturated carbocycles. The van der Waals surface area contributed by atoms with Gasteiger partial charge in [-0.05, 0) is 54.3 Å². The van der Waals surface area contributed by atoms with Crippen molar-refractivity contribution in [1.29, 1.82) is 0 Å². The second kappa shape index (κ2) is 8.94. The average molecular weight is 426 g/mol. The van der Waals surface area contributed by atoms with Crippen molar-refractivity contribution in [1.82, 2.24) is 4.31 Å². The molecule has 1 N–H and O–H groups in total. The molecule has 0 heterocycles. The molecule has 2 aromatic carbocycles. The minimum atomic E-state index is -3.66. The second-order valence-electron chi connectivity index (χ2n) is 6.98. The first-order chi connectivity index (χ1) is 13.0. The summed E-state index contributed by atoms with van der Waals surface area (Å²) >= 11 is 6.12. The first kappa shape index (κ1) is 22.2. The van der Waals surface area contributed by atoms with E-state index in [1.165, 1.54) is 4.31 Å². The fraction of sp³-hybridized carbons (Fsp3) is 0.350. The molecule has 0 amide bonds. The molecule has 0 aromatic heterocycles. The van der Waals surface area contributed by atoms with Crippen molar-refractivity contribution in [3.8, 4) is 16.9 Å². The minimum absolute atomic E-state index is 0.153. The standard InChI is InChI=1S/C20H24ClNO5S/c1-13(2)11-22(4)28(25,26)16-7-5-14(3)17(10-16)18-9-15(21)6-8-19(18)27-12-20(23)24/h5-10,13H,11-12H2,1-4H3,(H,23,24). The van der Waals surface area contributed by atoms with E-state index < -0.39 is 22.6 Å². The highest BCUT2D eigenvalue weighted by Crippen LogP contribution is 2.36. The summed E-state index contributed by atoms with van der Waals surface area (Å²) in [6.45, 7) is 5.62. The summed E-state index contributed by atoms with van der Waals surface area (Å²) in [5.41, 5.74) is 1.96. The molecule has 0 aliphatic rings. The molecular weight excluding hydrogens is 402 g/mol. The van der Waals surface area contributed by atoms with Gasteiger partial charge in [-0.3, -0.25) is 0 Å². The van der Waals surface area contributed by atoms with E-state index in [9.17, 15) is 13.2 Å². The number of hydrogen-bond donors (Lipinski definition) is 1. The van der Waals surface area contributed by atoms with E-state index in [4.69, 9.17) is 21.4 Å². The maximum Gasteiger partial charge on any atom is 0.341 e. The van der Waals surface area contributed by atoms with E-state index in [1.54, 1.807) is 43.4 Å². The zero-order chi connectivity index (χ0) is 21.1. The van der Waals surface area contributed by atoms with Crippen LogP contribution >= 0.6 is 11.6 Å². The lowest BCUT2D eigenvalue weighted by Gasteiger charge is -2.20. The number of hydrogen-bond acceptors (Lipinski definition) is 4. The van der Waals surface area contributed by atoms with Gasteiger partial charge in [0.2, 0.25) is 10.0 Å². The highest BCUT2D eigenvalue weighted by Gasteiger charge is 2.23. The van der Waals surface area contributed by atoms with Crippen molar-refractivity contribution < 1.29 is 23.1 Å². The van der Waals surface area contributed by atoms with Crippen LogP contribution in [0.3, 0.4) is 0 Å². The molecular formula is C20H24ClNO5S. The molecule has 0 radical (unpaired) electrons. The smallest absolute Gasteiger partial charge is 0.341 e. The predicted molar refractivity (Wildman–Crippen MR) is 109 cm³/mol. The Bertz CT molecular complexity index is 973. The van der Waals surface area contributed by atoms with Crippen LogP contribution < -0.4 is 4.74 Å². The van der Waals surface area contributed by atoms with E-state index in [1.807, 2.05) is 20.8 Å². The van der Waals surface area contributed by atoms with E-state index in [0.717, 1.165) is 5.56 Å². The third kappa shape index (κ3) is 5.25. The number of aliphatic carboxylic acids is 1. The summed E-state index contributed by atoms with van der Waals surface area (Å²) in [6.07, 6.45) is 0. The van der Waals surface area contributed by atoms with Crippen LogP contribution in [0.15, 0.2) is 41.3 Å². The summed E-state index contributed by atoms with van der Waals surface area (Å²) in [5, 5.41) is 9.33. The maximum absolute atomic E-state index is 12.9. The molecule has 152 valence electrons. The Morgan fingerprint density at radius 1 is 1.18 bits per heavy atom. The van der Waals surface area contributed by atoms with Crippen molar-refractivity contribution >= 4 is 27.6 Å². The fourth-order valence-corrected chi connectivity index (χ4v) is 4.36. The first-order valence-corrected chi connectivity index (χ1v) is 10.6. The molecule has 8 heteroatoms. The minimum Gasteiger partial charge on any atom is -0.481 e. The van der Waals surface area contributed by atoms with Crippen LogP contribution in [-0.2, 0) is 14.8 Å². The maximum atomic E-state index is 12.9. The molecule has 0 unspecified atom stereocenters. The van der Waals surface area contributed by atoms with E-state index in [-0.39, 0.29) is 10.8 Å². The number of ether oxygens (including phenoxy) is 1. The summed E-state index contributed by atoms with van der Waals surface area (Å²) in [7, 11) is -2.11. The van der Waals surface area contributed by atoms with Crippen LogP contribution in [0.2, 0.25) is 5.02 Å². The van der Waals surface area contributed by atoms with Gasteiger partial charge in [-0.1, -0.05) is 31.5 Å². The van der Waals surface area contributed by atoms with Crippen LogP contribution in [-0.4, -0.2) is 44.0 Å². The van der Waals surface area contributed by atoms with Crippen LogP contribution in [0.4, 0.5) is 0 Å². The van der Waals surface area contributed by atoms with Crippen LogP contribution in [0.1, 0.15) is 19.4 Å². The average Bonchev–Trinajstić information content (AvgIpc) is 2.60. The van der Waals surface area contributed by atoms with Crippen LogP contribution in [0.25, 0.3) is 11.1 Å². The number of carboxylic acid groups (broad SMARTS) is 1. The lowest BCUT2D eigenvalue weighted by atomic mass is 10.00. The van der Waals surface area contributed by atoms with Gasteiger partial charge in [0.05, 0.1) is 4.90 Å². The van der Waals surface area contributed by atoms with Gasteiger partial charge < -0.3 is 9.84 Å². The lowest BCUT2D eigenvalue weighted by molar-refractivity contribution is -0.139. The Balaban J connectivity index is 2.55. The van der Waals surface area contributed by atoms with Gasteiger partial charge in [-0.15, -0.1) is 0 Å². The number of nitrogens with zero attached hydrogens (tertiary/aromatic N) is 1. The first-order valence-electron chi connectivity index (χ1n) is 8.74. The highest BCUT2D eigenvalue weighted by molar-refractivity contribution is 7.89. The van der Waals surface area contributed by atoms with Gasteiger partial charge in [-0.2, -0.15) is 0 Å². The molecule has 6 nitrogen and oxygen atoms in total. The topological polar surface area (TPSA) is 83.9 Å². The van der Waals surface area contributed by atoms with E-state index in [0.29, 0.717) is 28.4 Å². The second-order valence-corrected chi connectivity index (χ2v) is 9.46. The normalized spacial score (nSPS) is 11.8. The van der Waals surface area contributed by atoms with Crippen LogP contribution in [0, 0.1) is 12.8 Å². The van der Waals surface area contributed by atoms with Gasteiger partial charge in [0.15, 0.2) is 6.61 Å². The Hall–Kier alpha value is -2.09. The molecule has 0 aliphatic heterocycles. The predicted octanol–water partition coefficient (Wildman–Crippen LogP) is 4.06. The molecule has 0 aliphatic carbocycles. The quantitative estimate of drug-likeness (QED) is 0.689. The van der Waals surface area contributed by atoms with Crippen LogP contribution in [0.5, 0.6) is 5.75 Å². The molecule has 0 bridgehead atoms. The van der Waals surface area contributed by atoms with Crippen molar-refractivity contribution in [3.05, 3.63) is 47.0 Å². The van der Waals surface area contributed by atoms with Gasteiger partial charge in [0.1, 0.15) is 5.75 Å². The Labute approximate surface area is 170 Å². The summed E-state index contributed by atoms with van der Waals surface area (Å²) in [4.78, 5) is 11.0. The van der Waals surface area contributed by atoms with Crippen molar-refractivity contribution in [2.75, 3.05) is 20.2 Å².